The number of para-hydroxylation sites is 1. The maximum atomic E-state index is 5.61. The molecule has 0 amide bonds. The SMILES string of the molecule is CCc1cc(C(=Nc2ccccc2)NN)n(CC)n1. The number of aryl methyl sites for hydroxylation is 2. The molecule has 0 aliphatic rings. The van der Waals surface area contributed by atoms with Crippen molar-refractivity contribution in [3.8, 4) is 0 Å². The first-order chi connectivity index (χ1) is 9.28. The van der Waals surface area contributed by atoms with Crippen LogP contribution < -0.4 is 11.3 Å². The summed E-state index contributed by atoms with van der Waals surface area (Å²) in [5.74, 6) is 6.23. The molecule has 2 rings (SSSR count). The maximum absolute atomic E-state index is 5.61. The van der Waals surface area contributed by atoms with E-state index in [1.165, 1.54) is 0 Å². The zero-order chi connectivity index (χ0) is 13.7. The van der Waals surface area contributed by atoms with Crippen LogP contribution in [0, 0.1) is 0 Å². The lowest BCUT2D eigenvalue weighted by Crippen LogP contribution is -2.32. The van der Waals surface area contributed by atoms with E-state index in [0.29, 0.717) is 5.84 Å². The number of nitrogens with two attached hydrogens (primary N) is 1. The summed E-state index contributed by atoms with van der Waals surface area (Å²) in [6.45, 7) is 4.91. The van der Waals surface area contributed by atoms with E-state index in [4.69, 9.17) is 5.84 Å². The average molecular weight is 257 g/mol. The van der Waals surface area contributed by atoms with Gasteiger partial charge < -0.3 is 5.43 Å². The Labute approximate surface area is 113 Å². The molecule has 19 heavy (non-hydrogen) atoms. The lowest BCUT2D eigenvalue weighted by Gasteiger charge is -2.07. The zero-order valence-corrected chi connectivity index (χ0v) is 11.3. The fraction of sp³-hybridized carbons (Fsp3) is 0.286. The van der Waals surface area contributed by atoms with E-state index < -0.39 is 0 Å². The number of hydrazine groups is 1. The Hall–Kier alpha value is -2.14. The molecule has 0 spiro atoms. The van der Waals surface area contributed by atoms with Gasteiger partial charge in [0, 0.05) is 6.54 Å². The van der Waals surface area contributed by atoms with E-state index >= 15 is 0 Å². The van der Waals surface area contributed by atoms with Gasteiger partial charge in [-0.3, -0.25) is 4.68 Å². The van der Waals surface area contributed by atoms with Gasteiger partial charge in [-0.25, -0.2) is 10.8 Å². The van der Waals surface area contributed by atoms with Crippen LogP contribution >= 0.6 is 0 Å². The largest absolute Gasteiger partial charge is 0.307 e. The Bertz CT molecular complexity index is 556. The molecule has 3 N–H and O–H groups in total. The fourth-order valence-electron chi connectivity index (χ4n) is 1.87. The highest BCUT2D eigenvalue weighted by molar-refractivity contribution is 5.98. The summed E-state index contributed by atoms with van der Waals surface area (Å²) in [6, 6.07) is 11.7. The smallest absolute Gasteiger partial charge is 0.166 e. The molecule has 2 aromatic rings. The minimum Gasteiger partial charge on any atom is -0.307 e. The molecule has 0 saturated carbocycles. The van der Waals surface area contributed by atoms with Crippen LogP contribution in [0.4, 0.5) is 5.69 Å². The number of benzene rings is 1. The van der Waals surface area contributed by atoms with Crippen LogP contribution in [0.5, 0.6) is 0 Å². The van der Waals surface area contributed by atoms with Crippen molar-refractivity contribution in [2.75, 3.05) is 0 Å². The number of hydrogen-bond acceptors (Lipinski definition) is 3. The summed E-state index contributed by atoms with van der Waals surface area (Å²) in [6.07, 6.45) is 0.892. The van der Waals surface area contributed by atoms with Gasteiger partial charge in [0.15, 0.2) is 5.84 Å². The van der Waals surface area contributed by atoms with Crippen molar-refractivity contribution < 1.29 is 0 Å². The monoisotopic (exact) mass is 257 g/mol. The van der Waals surface area contributed by atoms with Crippen LogP contribution in [-0.2, 0) is 13.0 Å². The van der Waals surface area contributed by atoms with Crippen molar-refractivity contribution in [3.63, 3.8) is 0 Å². The van der Waals surface area contributed by atoms with E-state index in [1.807, 2.05) is 48.0 Å². The van der Waals surface area contributed by atoms with Crippen LogP contribution in [0.1, 0.15) is 25.2 Å². The van der Waals surface area contributed by atoms with Crippen molar-refractivity contribution in [2.45, 2.75) is 26.8 Å². The van der Waals surface area contributed by atoms with Gasteiger partial charge in [0.05, 0.1) is 11.4 Å². The summed E-state index contributed by atoms with van der Waals surface area (Å²) in [5.41, 5.74) is 5.47. The molecule has 1 aromatic heterocycles. The first-order valence-corrected chi connectivity index (χ1v) is 6.46. The lowest BCUT2D eigenvalue weighted by atomic mass is 10.3. The van der Waals surface area contributed by atoms with Gasteiger partial charge in [-0.2, -0.15) is 5.10 Å². The van der Waals surface area contributed by atoms with Crippen LogP contribution in [-0.4, -0.2) is 15.6 Å². The van der Waals surface area contributed by atoms with Crippen LogP contribution in [0.15, 0.2) is 41.4 Å². The quantitative estimate of drug-likeness (QED) is 0.381. The number of amidine groups is 1. The van der Waals surface area contributed by atoms with Gasteiger partial charge in [0.1, 0.15) is 5.69 Å². The summed E-state index contributed by atoms with van der Waals surface area (Å²) in [5, 5.41) is 4.50. The van der Waals surface area contributed by atoms with E-state index in [2.05, 4.69) is 22.4 Å². The predicted octanol–water partition coefficient (Wildman–Crippen LogP) is 2.01. The predicted molar refractivity (Wildman–Crippen MR) is 77.2 cm³/mol. The summed E-state index contributed by atoms with van der Waals surface area (Å²) < 4.78 is 1.90. The Kier molecular flexibility index (Phi) is 4.30. The third-order valence-corrected chi connectivity index (χ3v) is 2.87. The Balaban J connectivity index is 2.42. The van der Waals surface area contributed by atoms with E-state index in [-0.39, 0.29) is 0 Å². The van der Waals surface area contributed by atoms with Gasteiger partial charge in [0.2, 0.25) is 0 Å². The van der Waals surface area contributed by atoms with E-state index in [9.17, 15) is 0 Å². The highest BCUT2D eigenvalue weighted by Crippen LogP contribution is 2.13. The zero-order valence-electron chi connectivity index (χ0n) is 11.3. The third-order valence-electron chi connectivity index (χ3n) is 2.87. The molecule has 0 bridgehead atoms. The molecular weight excluding hydrogens is 238 g/mol. The molecule has 5 heteroatoms. The van der Waals surface area contributed by atoms with Gasteiger partial charge >= 0.3 is 0 Å². The molecule has 0 aliphatic carbocycles. The standard InChI is InChI=1S/C14H19N5/c1-3-11-10-13(19(4-2)18-11)14(17-15)16-12-8-6-5-7-9-12/h5-10H,3-4,15H2,1-2H3,(H,16,17). The number of aliphatic imine (C=N–C) groups is 1. The molecule has 1 heterocycles. The first-order valence-electron chi connectivity index (χ1n) is 6.46. The van der Waals surface area contributed by atoms with Crippen molar-refractivity contribution in [1.82, 2.24) is 15.2 Å². The minimum absolute atomic E-state index is 0.625. The molecule has 0 unspecified atom stereocenters. The van der Waals surface area contributed by atoms with Gasteiger partial charge in [-0.05, 0) is 31.5 Å². The van der Waals surface area contributed by atoms with Crippen molar-refractivity contribution >= 4 is 11.5 Å². The second-order valence-corrected chi connectivity index (χ2v) is 4.13. The molecule has 0 radical (unpaired) electrons. The van der Waals surface area contributed by atoms with Crippen molar-refractivity contribution in [2.24, 2.45) is 10.8 Å². The first kappa shape index (κ1) is 13.3. The van der Waals surface area contributed by atoms with Crippen LogP contribution in [0.2, 0.25) is 0 Å². The average Bonchev–Trinajstić information content (AvgIpc) is 2.89. The molecule has 5 nitrogen and oxygen atoms in total. The fourth-order valence-corrected chi connectivity index (χ4v) is 1.87. The molecule has 0 aliphatic heterocycles. The van der Waals surface area contributed by atoms with Gasteiger partial charge in [0.25, 0.3) is 0 Å². The molecule has 1 aromatic carbocycles. The summed E-state index contributed by atoms with van der Waals surface area (Å²) >= 11 is 0. The second kappa shape index (κ2) is 6.15. The molecular formula is C14H19N5. The lowest BCUT2D eigenvalue weighted by molar-refractivity contribution is 0.640. The normalized spacial score (nSPS) is 11.6. The molecule has 0 atom stereocenters. The van der Waals surface area contributed by atoms with Crippen LogP contribution in [0.3, 0.4) is 0 Å². The third kappa shape index (κ3) is 3.00. The molecule has 0 saturated heterocycles. The van der Waals surface area contributed by atoms with Gasteiger partial charge in [-0.1, -0.05) is 25.1 Å². The topological polar surface area (TPSA) is 68.2 Å². The summed E-state index contributed by atoms with van der Waals surface area (Å²) in [7, 11) is 0. The second-order valence-electron chi connectivity index (χ2n) is 4.13. The molecule has 100 valence electrons. The number of nitrogens with zero attached hydrogens (tertiary/aromatic N) is 3. The highest BCUT2D eigenvalue weighted by atomic mass is 15.3. The van der Waals surface area contributed by atoms with Crippen LogP contribution in [0.25, 0.3) is 0 Å². The molecule has 0 fully saturated rings. The van der Waals surface area contributed by atoms with Gasteiger partial charge in [-0.15, -0.1) is 0 Å². The summed E-state index contributed by atoms with van der Waals surface area (Å²) in [4.78, 5) is 4.52. The number of hydrogen-bond donors (Lipinski definition) is 2. The Morgan fingerprint density at radius 3 is 2.63 bits per heavy atom. The number of rotatable bonds is 4. The number of nitrogens with one attached hydrogen (secondary N) is 1. The Morgan fingerprint density at radius 2 is 2.05 bits per heavy atom. The van der Waals surface area contributed by atoms with E-state index in [0.717, 1.165) is 30.0 Å². The van der Waals surface area contributed by atoms with Crippen molar-refractivity contribution in [1.29, 1.82) is 0 Å². The number of aromatic nitrogens is 2. The highest BCUT2D eigenvalue weighted by Gasteiger charge is 2.11. The van der Waals surface area contributed by atoms with E-state index in [1.54, 1.807) is 0 Å². The minimum atomic E-state index is 0.625. The maximum Gasteiger partial charge on any atom is 0.166 e. The van der Waals surface area contributed by atoms with Crippen molar-refractivity contribution in [3.05, 3.63) is 47.8 Å². The Morgan fingerprint density at radius 1 is 1.32 bits per heavy atom.